The van der Waals surface area contributed by atoms with Crippen LogP contribution in [0.25, 0.3) is 16.9 Å². The Hall–Kier alpha value is -4.55. The van der Waals surface area contributed by atoms with Gasteiger partial charge in [-0.25, -0.2) is 9.50 Å². The number of benzene rings is 1. The number of carbonyl (C=O) groups excluding carboxylic acids is 2. The molecule has 4 aromatic rings. The van der Waals surface area contributed by atoms with Crippen LogP contribution in [0.3, 0.4) is 0 Å². The van der Waals surface area contributed by atoms with Crippen molar-refractivity contribution in [1.29, 1.82) is 5.26 Å². The minimum atomic E-state index is -3.09. The van der Waals surface area contributed by atoms with E-state index in [1.54, 1.807) is 35.5 Å². The molecule has 246 valence electrons. The second-order valence-corrected chi connectivity index (χ2v) is 13.8. The van der Waals surface area contributed by atoms with Crippen molar-refractivity contribution in [2.75, 3.05) is 25.0 Å². The number of amides is 2. The number of nitrogens with zero attached hydrogens (tertiary/aromatic N) is 7. The van der Waals surface area contributed by atoms with Gasteiger partial charge in [-0.1, -0.05) is 13.8 Å². The van der Waals surface area contributed by atoms with Crippen LogP contribution in [0.5, 0.6) is 5.75 Å². The fourth-order valence-electron chi connectivity index (χ4n) is 5.60. The highest BCUT2D eigenvalue weighted by Gasteiger charge is 2.43. The van der Waals surface area contributed by atoms with Gasteiger partial charge >= 0.3 is 6.61 Å². The maximum atomic E-state index is 13.5. The Kier molecular flexibility index (Phi) is 9.42. The topological polar surface area (TPSA) is 142 Å². The van der Waals surface area contributed by atoms with E-state index in [1.807, 2.05) is 13.8 Å². The van der Waals surface area contributed by atoms with Gasteiger partial charge in [-0.15, -0.1) is 11.8 Å². The number of hydrogen-bond acceptors (Lipinski definition) is 9. The molecule has 2 fully saturated rings. The maximum absolute atomic E-state index is 13.5. The lowest BCUT2D eigenvalue weighted by atomic mass is 10.0. The van der Waals surface area contributed by atoms with Crippen LogP contribution in [0.15, 0.2) is 53.9 Å². The van der Waals surface area contributed by atoms with Crippen molar-refractivity contribution in [3.8, 4) is 23.1 Å². The minimum absolute atomic E-state index is 0.114. The van der Waals surface area contributed by atoms with E-state index >= 15 is 0 Å². The molecule has 1 aliphatic carbocycles. The number of ether oxygens (including phenoxy) is 1. The molecule has 15 heteroatoms. The van der Waals surface area contributed by atoms with Gasteiger partial charge in [-0.2, -0.15) is 24.2 Å². The number of thioether (sulfide) groups is 1. The van der Waals surface area contributed by atoms with Gasteiger partial charge in [0.15, 0.2) is 5.65 Å². The molecule has 1 saturated heterocycles. The molecule has 0 bridgehead atoms. The van der Waals surface area contributed by atoms with E-state index in [9.17, 15) is 23.6 Å². The molecule has 2 aliphatic rings. The Labute approximate surface area is 274 Å². The lowest BCUT2D eigenvalue weighted by Crippen LogP contribution is -2.46. The van der Waals surface area contributed by atoms with Gasteiger partial charge in [0, 0.05) is 60.0 Å². The summed E-state index contributed by atoms with van der Waals surface area (Å²) in [6.07, 6.45) is 9.49. The second-order valence-electron chi connectivity index (χ2n) is 12.1. The Balaban J connectivity index is 1.25. The van der Waals surface area contributed by atoms with Crippen molar-refractivity contribution in [2.45, 2.75) is 68.9 Å². The normalized spacial score (nSPS) is 16.1. The van der Waals surface area contributed by atoms with E-state index in [-0.39, 0.29) is 57.4 Å². The molecule has 3 aromatic heterocycles. The Morgan fingerprint density at radius 2 is 2.02 bits per heavy atom. The molecule has 1 aliphatic heterocycles. The largest absolute Gasteiger partial charge is 0.434 e. The SMILES string of the molecule is CC(C)Sc1ccc(OC(F)F)c(-c2nn(CC(=O)N3CCC(NCC4(C#N)CC4)CC3)cc2NC(=O)c2cnn3cccnc23)c1. The van der Waals surface area contributed by atoms with Crippen molar-refractivity contribution < 1.29 is 23.1 Å². The zero-order valence-corrected chi connectivity index (χ0v) is 26.8. The zero-order chi connectivity index (χ0) is 33.1. The maximum Gasteiger partial charge on any atom is 0.387 e. The van der Waals surface area contributed by atoms with Gasteiger partial charge in [-0.3, -0.25) is 14.3 Å². The predicted molar refractivity (Wildman–Crippen MR) is 171 cm³/mol. The van der Waals surface area contributed by atoms with E-state index in [0.29, 0.717) is 25.3 Å². The third kappa shape index (κ3) is 7.55. The number of likely N-dealkylation sites (tertiary alicyclic amines) is 1. The number of alkyl halides is 2. The van der Waals surface area contributed by atoms with E-state index in [2.05, 4.69) is 31.9 Å². The van der Waals surface area contributed by atoms with Crippen molar-refractivity contribution >= 4 is 34.9 Å². The number of fused-ring (bicyclic) bond motifs is 1. The third-order valence-corrected chi connectivity index (χ3v) is 9.29. The van der Waals surface area contributed by atoms with Crippen LogP contribution < -0.4 is 15.4 Å². The average molecular weight is 664 g/mol. The molecule has 0 radical (unpaired) electrons. The third-order valence-electron chi connectivity index (χ3n) is 8.29. The van der Waals surface area contributed by atoms with Gasteiger partial charge in [-0.05, 0) is 49.9 Å². The molecule has 0 unspecified atom stereocenters. The number of rotatable bonds is 12. The number of hydrogen-bond donors (Lipinski definition) is 2. The zero-order valence-electron chi connectivity index (χ0n) is 26.0. The van der Waals surface area contributed by atoms with E-state index in [0.717, 1.165) is 30.6 Å². The molecule has 6 rings (SSSR count). The number of halogens is 2. The number of aromatic nitrogens is 5. The number of carbonyl (C=O) groups is 2. The summed E-state index contributed by atoms with van der Waals surface area (Å²) in [5.41, 5.74) is 0.932. The molecule has 1 aromatic carbocycles. The Morgan fingerprint density at radius 3 is 2.72 bits per heavy atom. The van der Waals surface area contributed by atoms with Crippen LogP contribution in [0.1, 0.15) is 49.9 Å². The molecule has 2 amide bonds. The first-order valence-electron chi connectivity index (χ1n) is 15.5. The summed E-state index contributed by atoms with van der Waals surface area (Å²) in [4.78, 5) is 33.7. The lowest BCUT2D eigenvalue weighted by molar-refractivity contribution is -0.133. The molecule has 2 N–H and O–H groups in total. The molecule has 47 heavy (non-hydrogen) atoms. The summed E-state index contributed by atoms with van der Waals surface area (Å²) in [7, 11) is 0. The monoisotopic (exact) mass is 663 g/mol. The number of nitrogens with one attached hydrogen (secondary N) is 2. The van der Waals surface area contributed by atoms with Crippen LogP contribution in [-0.4, -0.2) is 78.6 Å². The van der Waals surface area contributed by atoms with Gasteiger partial charge in [0.25, 0.3) is 5.91 Å². The van der Waals surface area contributed by atoms with E-state index < -0.39 is 12.5 Å². The summed E-state index contributed by atoms with van der Waals surface area (Å²) in [6.45, 7) is 2.59. The van der Waals surface area contributed by atoms with Crippen LogP contribution in [0, 0.1) is 16.7 Å². The van der Waals surface area contributed by atoms with Crippen molar-refractivity contribution in [3.05, 3.63) is 54.6 Å². The summed E-state index contributed by atoms with van der Waals surface area (Å²) < 4.78 is 34.7. The fraction of sp³-hybridized carbons (Fsp3) is 0.438. The Morgan fingerprint density at radius 1 is 1.23 bits per heavy atom. The fourth-order valence-corrected chi connectivity index (χ4v) is 6.48. The average Bonchev–Trinajstić information content (AvgIpc) is 3.54. The van der Waals surface area contributed by atoms with Crippen LogP contribution in [-0.2, 0) is 11.3 Å². The standard InChI is InChI=1S/C32H35F2N9O3S/c1-20(2)47-22-4-5-26(46-31(33)34)23(14-22)28-25(39-30(45)24-15-38-43-11-3-10-36-29(24)43)16-42(40-28)17-27(44)41-12-6-21(7-13-41)37-19-32(18-35)8-9-32/h3-5,10-11,14-16,20-21,31,37H,6-9,12-13,17,19H2,1-2H3,(H,39,45). The molecule has 1 saturated carbocycles. The molecule has 12 nitrogen and oxygen atoms in total. The van der Waals surface area contributed by atoms with Gasteiger partial charge < -0.3 is 20.3 Å². The van der Waals surface area contributed by atoms with Gasteiger partial charge in [0.05, 0.1) is 23.4 Å². The minimum Gasteiger partial charge on any atom is -0.434 e. The summed E-state index contributed by atoms with van der Waals surface area (Å²) in [5, 5.41) is 24.7. The predicted octanol–water partition coefficient (Wildman–Crippen LogP) is 4.83. The Bertz CT molecular complexity index is 1810. The highest BCUT2D eigenvalue weighted by Crippen LogP contribution is 2.44. The number of piperidine rings is 1. The summed E-state index contributed by atoms with van der Waals surface area (Å²) in [6, 6.07) is 9.16. The number of anilines is 1. The van der Waals surface area contributed by atoms with E-state index in [1.165, 1.54) is 39.4 Å². The number of nitriles is 1. The molecular formula is C32H35F2N9O3S. The smallest absolute Gasteiger partial charge is 0.387 e. The highest BCUT2D eigenvalue weighted by molar-refractivity contribution is 7.99. The lowest BCUT2D eigenvalue weighted by Gasteiger charge is -2.33. The van der Waals surface area contributed by atoms with Crippen LogP contribution in [0.2, 0.25) is 0 Å². The van der Waals surface area contributed by atoms with Crippen LogP contribution in [0.4, 0.5) is 14.5 Å². The van der Waals surface area contributed by atoms with Gasteiger partial charge in [0.2, 0.25) is 5.91 Å². The molecule has 0 spiro atoms. The van der Waals surface area contributed by atoms with Crippen molar-refractivity contribution in [3.63, 3.8) is 0 Å². The van der Waals surface area contributed by atoms with Gasteiger partial charge in [0.1, 0.15) is 23.6 Å². The highest BCUT2D eigenvalue weighted by atomic mass is 32.2. The van der Waals surface area contributed by atoms with E-state index in [4.69, 9.17) is 4.74 Å². The van der Waals surface area contributed by atoms with Crippen LogP contribution >= 0.6 is 11.8 Å². The quantitative estimate of drug-likeness (QED) is 0.204. The first-order chi connectivity index (χ1) is 22.6. The van der Waals surface area contributed by atoms with Crippen molar-refractivity contribution in [1.82, 2.24) is 34.6 Å². The molecule has 0 atom stereocenters. The van der Waals surface area contributed by atoms with Crippen molar-refractivity contribution in [2.24, 2.45) is 5.41 Å². The second kappa shape index (κ2) is 13.7. The molecular weight excluding hydrogens is 628 g/mol. The molecule has 4 heterocycles. The summed E-state index contributed by atoms with van der Waals surface area (Å²) >= 11 is 1.53. The first kappa shape index (κ1) is 32.4. The first-order valence-corrected chi connectivity index (χ1v) is 16.4. The summed E-state index contributed by atoms with van der Waals surface area (Å²) in [5.74, 6) is -0.809.